The average molecular weight is 380 g/mol. The van der Waals surface area contributed by atoms with Crippen LogP contribution in [0.4, 0.5) is 5.69 Å². The van der Waals surface area contributed by atoms with Crippen molar-refractivity contribution in [1.82, 2.24) is 10.2 Å². The number of thioether (sulfide) groups is 1. The van der Waals surface area contributed by atoms with Gasteiger partial charge in [-0.05, 0) is 44.4 Å². The topological polar surface area (TPSA) is 68.0 Å². The number of aryl methyl sites for hydroxylation is 1. The minimum atomic E-state index is -0.349. The van der Waals surface area contributed by atoms with Crippen LogP contribution in [0, 0.1) is 6.92 Å². The Bertz CT molecular complexity index is 744. The first-order valence-corrected chi connectivity index (χ1v) is 9.86. The summed E-state index contributed by atoms with van der Waals surface area (Å²) in [5.41, 5.74) is 1.69. The molecule has 0 unspecified atom stereocenters. The van der Waals surface area contributed by atoms with Gasteiger partial charge in [0.1, 0.15) is 0 Å². The van der Waals surface area contributed by atoms with Crippen LogP contribution in [0.15, 0.2) is 27.8 Å². The van der Waals surface area contributed by atoms with E-state index in [9.17, 15) is 4.79 Å². The smallest absolute Gasteiger partial charge is 0.277 e. The predicted octanol–water partition coefficient (Wildman–Crippen LogP) is 5.20. The first-order valence-electron chi connectivity index (χ1n) is 8.60. The molecule has 1 aromatic carbocycles. The molecule has 25 heavy (non-hydrogen) atoms. The maximum atomic E-state index is 12.4. The summed E-state index contributed by atoms with van der Waals surface area (Å²) in [6, 6.07) is 5.43. The molecular formula is C18H22ClN3O2S. The Morgan fingerprint density at radius 1 is 1.32 bits per heavy atom. The quantitative estimate of drug-likeness (QED) is 0.723. The number of aromatic nitrogens is 2. The summed E-state index contributed by atoms with van der Waals surface area (Å²) in [5, 5.41) is 11.9. The number of anilines is 1. The van der Waals surface area contributed by atoms with Crippen molar-refractivity contribution in [2.75, 3.05) is 5.32 Å². The van der Waals surface area contributed by atoms with Crippen molar-refractivity contribution >= 4 is 35.0 Å². The summed E-state index contributed by atoms with van der Waals surface area (Å²) in [6.45, 7) is 3.75. The average Bonchev–Trinajstić information content (AvgIpc) is 3.07. The van der Waals surface area contributed by atoms with Crippen LogP contribution < -0.4 is 5.32 Å². The van der Waals surface area contributed by atoms with E-state index in [1.54, 1.807) is 12.1 Å². The van der Waals surface area contributed by atoms with Crippen LogP contribution in [-0.4, -0.2) is 21.4 Å². The lowest BCUT2D eigenvalue weighted by Gasteiger charge is -2.17. The fourth-order valence-corrected chi connectivity index (χ4v) is 3.81. The van der Waals surface area contributed by atoms with E-state index in [2.05, 4.69) is 15.5 Å². The van der Waals surface area contributed by atoms with Crippen LogP contribution in [0.5, 0.6) is 0 Å². The van der Waals surface area contributed by atoms with E-state index >= 15 is 0 Å². The summed E-state index contributed by atoms with van der Waals surface area (Å²) in [4.78, 5) is 12.4. The zero-order valence-electron chi connectivity index (χ0n) is 14.4. The van der Waals surface area contributed by atoms with E-state index < -0.39 is 0 Å². The van der Waals surface area contributed by atoms with Gasteiger partial charge in [-0.15, -0.1) is 10.2 Å². The Labute approximate surface area is 156 Å². The van der Waals surface area contributed by atoms with Crippen LogP contribution in [0.1, 0.15) is 56.4 Å². The third-order valence-corrected chi connectivity index (χ3v) is 5.65. The molecule has 0 aliphatic heterocycles. The monoisotopic (exact) mass is 379 g/mol. The molecule has 0 radical (unpaired) electrons. The zero-order chi connectivity index (χ0) is 17.8. The first kappa shape index (κ1) is 18.3. The van der Waals surface area contributed by atoms with Crippen LogP contribution in [0.3, 0.4) is 0 Å². The molecule has 0 saturated heterocycles. The molecule has 1 saturated carbocycles. The van der Waals surface area contributed by atoms with E-state index in [-0.39, 0.29) is 11.2 Å². The van der Waals surface area contributed by atoms with Crippen LogP contribution in [0.25, 0.3) is 0 Å². The van der Waals surface area contributed by atoms with Gasteiger partial charge in [0.25, 0.3) is 5.22 Å². The highest BCUT2D eigenvalue weighted by Crippen LogP contribution is 2.33. The maximum absolute atomic E-state index is 12.4. The SMILES string of the molecule is Cc1ccc(Cl)cc1NC(=O)[C@H](C)Sc1nnc(C2CCCCC2)o1. The summed E-state index contributed by atoms with van der Waals surface area (Å²) < 4.78 is 5.78. The normalized spacial score (nSPS) is 16.6. The number of benzene rings is 1. The molecule has 5 nitrogen and oxygen atoms in total. The summed E-state index contributed by atoms with van der Waals surface area (Å²) >= 11 is 7.28. The molecule has 1 aromatic heterocycles. The molecule has 1 atom stereocenters. The second-order valence-corrected chi connectivity index (χ2v) is 8.18. The van der Waals surface area contributed by atoms with Gasteiger partial charge in [-0.25, -0.2) is 0 Å². The lowest BCUT2D eigenvalue weighted by molar-refractivity contribution is -0.115. The number of rotatable bonds is 5. The van der Waals surface area contributed by atoms with Crippen molar-refractivity contribution in [2.24, 2.45) is 0 Å². The van der Waals surface area contributed by atoms with Crippen LogP contribution >= 0.6 is 23.4 Å². The maximum Gasteiger partial charge on any atom is 0.277 e. The molecular weight excluding hydrogens is 358 g/mol. The summed E-state index contributed by atoms with van der Waals surface area (Å²) in [7, 11) is 0. The van der Waals surface area contributed by atoms with Gasteiger partial charge in [-0.1, -0.05) is 48.7 Å². The molecule has 7 heteroatoms. The van der Waals surface area contributed by atoms with Crippen molar-refractivity contribution in [1.29, 1.82) is 0 Å². The number of carbonyl (C=O) groups excluding carboxylic acids is 1. The Hall–Kier alpha value is -1.53. The van der Waals surface area contributed by atoms with Crippen molar-refractivity contribution in [3.05, 3.63) is 34.7 Å². The molecule has 0 spiro atoms. The Morgan fingerprint density at radius 3 is 2.84 bits per heavy atom. The standard InChI is InChI=1S/C18H22ClN3O2S/c1-11-8-9-14(19)10-15(11)20-16(23)12(2)25-18-22-21-17(24-18)13-6-4-3-5-7-13/h8-10,12-13H,3-7H2,1-2H3,(H,20,23)/t12-/m0/s1. The highest BCUT2D eigenvalue weighted by atomic mass is 35.5. The summed E-state index contributed by atoms with van der Waals surface area (Å²) in [6.07, 6.45) is 5.93. The highest BCUT2D eigenvalue weighted by molar-refractivity contribution is 8.00. The van der Waals surface area contributed by atoms with Gasteiger partial charge >= 0.3 is 0 Å². The molecule has 1 aliphatic carbocycles. The van der Waals surface area contributed by atoms with Crippen LogP contribution in [0.2, 0.25) is 5.02 Å². The van der Waals surface area contributed by atoms with Gasteiger partial charge in [0.05, 0.1) is 5.25 Å². The molecule has 3 rings (SSSR count). The fraction of sp³-hybridized carbons (Fsp3) is 0.500. The second kappa shape index (κ2) is 8.23. The second-order valence-electron chi connectivity index (χ2n) is 6.45. The van der Waals surface area contributed by atoms with Crippen LogP contribution in [-0.2, 0) is 4.79 Å². The van der Waals surface area contributed by atoms with Gasteiger partial charge < -0.3 is 9.73 Å². The van der Waals surface area contributed by atoms with Crippen molar-refractivity contribution in [3.8, 4) is 0 Å². The van der Waals surface area contributed by atoms with E-state index in [1.165, 1.54) is 31.0 Å². The molecule has 0 bridgehead atoms. The van der Waals surface area contributed by atoms with E-state index in [4.69, 9.17) is 16.0 Å². The van der Waals surface area contributed by atoms with Crippen molar-refractivity contribution in [2.45, 2.75) is 62.3 Å². The molecule has 1 heterocycles. The largest absolute Gasteiger partial charge is 0.416 e. The highest BCUT2D eigenvalue weighted by Gasteiger charge is 2.23. The number of amides is 1. The number of carbonyl (C=O) groups is 1. The third-order valence-electron chi connectivity index (χ3n) is 4.48. The van der Waals surface area contributed by atoms with Gasteiger partial charge in [0, 0.05) is 16.6 Å². The Morgan fingerprint density at radius 2 is 2.08 bits per heavy atom. The Balaban J connectivity index is 1.59. The van der Waals surface area contributed by atoms with Gasteiger partial charge in [-0.2, -0.15) is 0 Å². The number of halogens is 1. The molecule has 1 fully saturated rings. The van der Waals surface area contributed by atoms with E-state index in [0.717, 1.165) is 24.1 Å². The lowest BCUT2D eigenvalue weighted by atomic mass is 9.89. The van der Waals surface area contributed by atoms with Crippen molar-refractivity contribution < 1.29 is 9.21 Å². The molecule has 1 aliphatic rings. The third kappa shape index (κ3) is 4.76. The molecule has 1 amide bonds. The van der Waals surface area contributed by atoms with E-state index in [0.29, 0.717) is 22.1 Å². The summed E-state index contributed by atoms with van der Waals surface area (Å²) in [5.74, 6) is 0.960. The number of nitrogens with one attached hydrogen (secondary N) is 1. The minimum absolute atomic E-state index is 0.118. The number of nitrogens with zero attached hydrogens (tertiary/aromatic N) is 2. The zero-order valence-corrected chi connectivity index (χ0v) is 16.0. The fourth-order valence-electron chi connectivity index (χ4n) is 2.95. The van der Waals surface area contributed by atoms with Gasteiger partial charge in [-0.3, -0.25) is 4.79 Å². The minimum Gasteiger partial charge on any atom is -0.416 e. The lowest BCUT2D eigenvalue weighted by Crippen LogP contribution is -2.22. The predicted molar refractivity (Wildman–Crippen MR) is 100 cm³/mol. The molecule has 2 aromatic rings. The molecule has 134 valence electrons. The number of hydrogen-bond donors (Lipinski definition) is 1. The number of hydrogen-bond acceptors (Lipinski definition) is 5. The molecule has 1 N–H and O–H groups in total. The van der Waals surface area contributed by atoms with Crippen molar-refractivity contribution in [3.63, 3.8) is 0 Å². The van der Waals surface area contributed by atoms with E-state index in [1.807, 2.05) is 19.9 Å². The van der Waals surface area contributed by atoms with Gasteiger partial charge in [0.2, 0.25) is 11.8 Å². The first-order chi connectivity index (χ1) is 12.0. The Kier molecular flexibility index (Phi) is 6.02. The van der Waals surface area contributed by atoms with Gasteiger partial charge in [0.15, 0.2) is 0 Å².